The maximum Gasteiger partial charge on any atom is 0.311 e. The second-order valence-electron chi connectivity index (χ2n) is 7.70. The number of methoxy groups -OCH3 is 1. The van der Waals surface area contributed by atoms with Crippen molar-refractivity contribution >= 4 is 11.8 Å². The fourth-order valence-electron chi connectivity index (χ4n) is 5.19. The van der Waals surface area contributed by atoms with Crippen molar-refractivity contribution < 1.29 is 14.3 Å². The molecule has 2 aliphatic rings. The maximum absolute atomic E-state index is 12.5. The predicted molar refractivity (Wildman–Crippen MR) is 89.6 cm³/mol. The van der Waals surface area contributed by atoms with Crippen LogP contribution < -0.4 is 0 Å². The summed E-state index contributed by atoms with van der Waals surface area (Å²) >= 11 is 0. The number of carbonyl (C=O) groups excluding carboxylic acids is 2. The van der Waals surface area contributed by atoms with Crippen LogP contribution in [0.15, 0.2) is 18.2 Å². The fraction of sp³-hybridized carbons (Fsp3) is 0.600. The maximum atomic E-state index is 12.5. The Hall–Kier alpha value is -1.64. The SMILES string of the molecule is COC(=O)[C@]1(C)CCC[C@]2(C)c3ccc(C(C)=O)cc3CCC12. The van der Waals surface area contributed by atoms with Crippen LogP contribution in [0.4, 0.5) is 0 Å². The highest BCUT2D eigenvalue weighted by Crippen LogP contribution is 2.57. The lowest BCUT2D eigenvalue weighted by molar-refractivity contribution is -0.161. The molecule has 2 aliphatic carbocycles. The Bertz CT molecular complexity index is 663. The molecule has 0 heterocycles. The lowest BCUT2D eigenvalue weighted by Crippen LogP contribution is -2.52. The smallest absolute Gasteiger partial charge is 0.311 e. The Kier molecular flexibility index (Phi) is 3.86. The van der Waals surface area contributed by atoms with Crippen molar-refractivity contribution in [3.05, 3.63) is 34.9 Å². The van der Waals surface area contributed by atoms with Crippen LogP contribution in [0.3, 0.4) is 0 Å². The number of esters is 1. The van der Waals surface area contributed by atoms with E-state index in [1.165, 1.54) is 18.2 Å². The van der Waals surface area contributed by atoms with Gasteiger partial charge in [0.2, 0.25) is 0 Å². The Morgan fingerprint density at radius 2 is 1.96 bits per heavy atom. The zero-order chi connectivity index (χ0) is 16.8. The summed E-state index contributed by atoms with van der Waals surface area (Å²) in [7, 11) is 1.50. The van der Waals surface area contributed by atoms with Crippen LogP contribution in [0.25, 0.3) is 0 Å². The van der Waals surface area contributed by atoms with Crippen LogP contribution in [0, 0.1) is 11.3 Å². The summed E-state index contributed by atoms with van der Waals surface area (Å²) in [6.07, 6.45) is 4.95. The van der Waals surface area contributed by atoms with Crippen molar-refractivity contribution in [3.8, 4) is 0 Å². The van der Waals surface area contributed by atoms with Crippen LogP contribution in [0.1, 0.15) is 67.9 Å². The molecule has 0 bridgehead atoms. The molecule has 1 unspecified atom stereocenters. The van der Waals surface area contributed by atoms with E-state index < -0.39 is 5.41 Å². The first-order valence-corrected chi connectivity index (χ1v) is 8.55. The van der Waals surface area contributed by atoms with Gasteiger partial charge in [0.15, 0.2) is 5.78 Å². The molecule has 3 heteroatoms. The number of hydrogen-bond acceptors (Lipinski definition) is 3. The summed E-state index contributed by atoms with van der Waals surface area (Å²) in [5.41, 5.74) is 2.99. The molecule has 1 aromatic rings. The van der Waals surface area contributed by atoms with Crippen molar-refractivity contribution in [1.82, 2.24) is 0 Å². The van der Waals surface area contributed by atoms with Crippen molar-refractivity contribution in [2.45, 2.75) is 58.3 Å². The third-order valence-corrected chi connectivity index (χ3v) is 6.41. The molecule has 0 amide bonds. The number of fused-ring (bicyclic) bond motifs is 3. The summed E-state index contributed by atoms with van der Waals surface area (Å²) in [6, 6.07) is 6.13. The van der Waals surface area contributed by atoms with E-state index in [1.54, 1.807) is 6.92 Å². The molecular formula is C20H26O3. The second kappa shape index (κ2) is 5.47. The zero-order valence-electron chi connectivity index (χ0n) is 14.6. The highest BCUT2D eigenvalue weighted by Gasteiger charge is 2.55. The molecule has 3 atom stereocenters. The van der Waals surface area contributed by atoms with Gasteiger partial charge in [-0.05, 0) is 68.1 Å². The number of ether oxygens (including phenoxy) is 1. The van der Waals surface area contributed by atoms with E-state index >= 15 is 0 Å². The third-order valence-electron chi connectivity index (χ3n) is 6.41. The Morgan fingerprint density at radius 1 is 1.22 bits per heavy atom. The number of rotatable bonds is 2. The van der Waals surface area contributed by atoms with Gasteiger partial charge in [-0.25, -0.2) is 0 Å². The summed E-state index contributed by atoms with van der Waals surface area (Å²) in [5, 5.41) is 0. The number of benzene rings is 1. The lowest BCUT2D eigenvalue weighted by Gasteiger charge is -2.54. The quantitative estimate of drug-likeness (QED) is 0.610. The molecule has 1 fully saturated rings. The van der Waals surface area contributed by atoms with Crippen molar-refractivity contribution in [2.75, 3.05) is 7.11 Å². The Morgan fingerprint density at radius 3 is 2.61 bits per heavy atom. The molecule has 124 valence electrons. The minimum absolute atomic E-state index is 0.00983. The topological polar surface area (TPSA) is 43.4 Å². The molecule has 1 saturated carbocycles. The number of hydrogen-bond donors (Lipinski definition) is 0. The molecule has 0 aliphatic heterocycles. The first-order valence-electron chi connectivity index (χ1n) is 8.55. The van der Waals surface area contributed by atoms with E-state index in [2.05, 4.69) is 26.0 Å². The third kappa shape index (κ3) is 2.32. The Balaban J connectivity index is 2.07. The lowest BCUT2D eigenvalue weighted by atomic mass is 9.50. The first kappa shape index (κ1) is 16.2. The number of aryl methyl sites for hydroxylation is 1. The van der Waals surface area contributed by atoms with Gasteiger partial charge >= 0.3 is 5.97 Å². The molecular weight excluding hydrogens is 288 g/mol. The van der Waals surface area contributed by atoms with Gasteiger partial charge in [-0.1, -0.05) is 25.5 Å². The van der Waals surface area contributed by atoms with E-state index in [1.807, 2.05) is 6.07 Å². The zero-order valence-corrected chi connectivity index (χ0v) is 14.6. The van der Waals surface area contributed by atoms with Crippen LogP contribution >= 0.6 is 0 Å². The molecule has 0 spiro atoms. The molecule has 3 nitrogen and oxygen atoms in total. The van der Waals surface area contributed by atoms with E-state index in [9.17, 15) is 9.59 Å². The minimum atomic E-state index is -0.404. The van der Waals surface area contributed by atoms with Crippen LogP contribution in [-0.2, 0) is 21.4 Å². The van der Waals surface area contributed by atoms with Gasteiger partial charge in [-0.2, -0.15) is 0 Å². The average molecular weight is 314 g/mol. The largest absolute Gasteiger partial charge is 0.469 e. The van der Waals surface area contributed by atoms with E-state index in [0.29, 0.717) is 5.92 Å². The highest BCUT2D eigenvalue weighted by molar-refractivity contribution is 5.94. The molecule has 0 aromatic heterocycles. The van der Waals surface area contributed by atoms with Gasteiger partial charge in [0.1, 0.15) is 0 Å². The number of carbonyl (C=O) groups is 2. The summed E-state index contributed by atoms with van der Waals surface area (Å²) < 4.78 is 5.14. The van der Waals surface area contributed by atoms with E-state index in [-0.39, 0.29) is 17.2 Å². The van der Waals surface area contributed by atoms with Crippen molar-refractivity contribution in [2.24, 2.45) is 11.3 Å². The Labute approximate surface area is 138 Å². The molecule has 23 heavy (non-hydrogen) atoms. The number of ketones is 1. The summed E-state index contributed by atoms with van der Waals surface area (Å²) in [6.45, 7) is 5.99. The van der Waals surface area contributed by atoms with E-state index in [4.69, 9.17) is 4.74 Å². The number of Topliss-reactive ketones (excluding diaryl/α,β-unsaturated/α-hetero) is 1. The van der Waals surface area contributed by atoms with Gasteiger partial charge in [-0.15, -0.1) is 0 Å². The van der Waals surface area contributed by atoms with Crippen LogP contribution in [0.2, 0.25) is 0 Å². The van der Waals surface area contributed by atoms with Gasteiger partial charge in [0.25, 0.3) is 0 Å². The molecule has 1 aromatic carbocycles. The first-order chi connectivity index (χ1) is 10.8. The van der Waals surface area contributed by atoms with Crippen molar-refractivity contribution in [3.63, 3.8) is 0 Å². The normalized spacial score (nSPS) is 32.6. The van der Waals surface area contributed by atoms with Gasteiger partial charge < -0.3 is 4.74 Å². The van der Waals surface area contributed by atoms with Crippen LogP contribution in [-0.4, -0.2) is 18.9 Å². The van der Waals surface area contributed by atoms with Gasteiger partial charge in [0.05, 0.1) is 12.5 Å². The molecule has 3 rings (SSSR count). The van der Waals surface area contributed by atoms with E-state index in [0.717, 1.165) is 37.7 Å². The summed E-state index contributed by atoms with van der Waals surface area (Å²) in [4.78, 5) is 24.1. The predicted octanol–water partition coefficient (Wildman–Crippen LogP) is 4.07. The molecule has 0 radical (unpaired) electrons. The van der Waals surface area contributed by atoms with Crippen LogP contribution in [0.5, 0.6) is 0 Å². The standard InChI is InChI=1S/C20H26O3/c1-13(21)14-6-8-16-15(12-14)7-9-17-19(16,2)10-5-11-20(17,3)18(22)23-4/h6,8,12,17H,5,7,9-11H2,1-4H3/t17?,19-,20-/m1/s1. The average Bonchev–Trinajstić information content (AvgIpc) is 2.53. The molecule has 0 saturated heterocycles. The fourth-order valence-corrected chi connectivity index (χ4v) is 5.19. The summed E-state index contributed by atoms with van der Waals surface area (Å²) in [5.74, 6) is 0.340. The monoisotopic (exact) mass is 314 g/mol. The minimum Gasteiger partial charge on any atom is -0.469 e. The van der Waals surface area contributed by atoms with Crippen molar-refractivity contribution in [1.29, 1.82) is 0 Å². The van der Waals surface area contributed by atoms with Gasteiger partial charge in [-0.3, -0.25) is 9.59 Å². The second-order valence-corrected chi connectivity index (χ2v) is 7.70. The highest BCUT2D eigenvalue weighted by atomic mass is 16.5. The van der Waals surface area contributed by atoms with Gasteiger partial charge in [0, 0.05) is 5.56 Å². The molecule has 0 N–H and O–H groups in total.